The van der Waals surface area contributed by atoms with Crippen LogP contribution < -0.4 is 10.5 Å². The van der Waals surface area contributed by atoms with E-state index in [1.165, 1.54) is 0 Å². The molecule has 3 N–H and O–H groups in total. The van der Waals surface area contributed by atoms with Crippen molar-refractivity contribution in [3.63, 3.8) is 0 Å². The fourth-order valence-corrected chi connectivity index (χ4v) is 3.03. The Hall–Kier alpha value is -0.180. The Kier molecular flexibility index (Phi) is 4.06. The van der Waals surface area contributed by atoms with E-state index < -0.39 is 10.0 Å². The van der Waals surface area contributed by atoms with Crippen LogP contribution in [0.25, 0.3) is 0 Å². The molecule has 6 heteroatoms. The molecule has 1 aromatic carbocycles. The monoisotopic (exact) mass is 366 g/mol. The van der Waals surface area contributed by atoms with Crippen LogP contribution >= 0.6 is 22.6 Å². The predicted molar refractivity (Wildman–Crippen MR) is 75.0 cm³/mol. The van der Waals surface area contributed by atoms with Crippen molar-refractivity contribution < 1.29 is 8.42 Å². The molecule has 0 aromatic heterocycles. The van der Waals surface area contributed by atoms with Gasteiger partial charge in [0.1, 0.15) is 0 Å². The molecule has 0 amide bonds. The van der Waals surface area contributed by atoms with Crippen molar-refractivity contribution in [1.82, 2.24) is 4.72 Å². The average molecular weight is 366 g/mol. The molecule has 17 heavy (non-hydrogen) atoms. The van der Waals surface area contributed by atoms with Crippen LogP contribution in [-0.2, 0) is 10.0 Å². The standard InChI is InChI=1S/C11H15IN2O2S/c12-9-3-5-10(6-4-9)17(15,16)14-7-11(13)8-1-2-8/h3-6,8,11,14H,1-2,7,13H2. The molecular weight excluding hydrogens is 351 g/mol. The van der Waals surface area contributed by atoms with Gasteiger partial charge in [-0.05, 0) is 65.6 Å². The largest absolute Gasteiger partial charge is 0.326 e. The van der Waals surface area contributed by atoms with E-state index in [4.69, 9.17) is 5.73 Å². The summed E-state index contributed by atoms with van der Waals surface area (Å²) in [5.74, 6) is 0.495. The molecule has 1 saturated carbocycles. The summed E-state index contributed by atoms with van der Waals surface area (Å²) in [4.78, 5) is 0.293. The molecule has 0 radical (unpaired) electrons. The summed E-state index contributed by atoms with van der Waals surface area (Å²) in [6.45, 7) is 0.318. The summed E-state index contributed by atoms with van der Waals surface area (Å²) in [5, 5.41) is 0. The van der Waals surface area contributed by atoms with E-state index in [-0.39, 0.29) is 6.04 Å². The summed E-state index contributed by atoms with van der Waals surface area (Å²) in [6.07, 6.45) is 2.23. The molecule has 0 heterocycles. The normalized spacial score (nSPS) is 18.0. The van der Waals surface area contributed by atoms with Gasteiger partial charge >= 0.3 is 0 Å². The highest BCUT2D eigenvalue weighted by atomic mass is 127. The molecule has 1 atom stereocenters. The molecule has 2 rings (SSSR count). The van der Waals surface area contributed by atoms with E-state index in [0.717, 1.165) is 16.4 Å². The van der Waals surface area contributed by atoms with Gasteiger partial charge < -0.3 is 5.73 Å². The van der Waals surface area contributed by atoms with E-state index in [1.807, 2.05) is 0 Å². The summed E-state index contributed by atoms with van der Waals surface area (Å²) in [6, 6.07) is 6.69. The van der Waals surface area contributed by atoms with Crippen LogP contribution in [-0.4, -0.2) is 21.0 Å². The molecule has 1 aliphatic carbocycles. The second-order valence-corrected chi connectivity index (χ2v) is 7.32. The number of halogens is 1. The molecule has 94 valence electrons. The van der Waals surface area contributed by atoms with Gasteiger partial charge in [0.15, 0.2) is 0 Å². The SMILES string of the molecule is NC(CNS(=O)(=O)c1ccc(I)cc1)C1CC1. The second kappa shape index (κ2) is 5.21. The fraction of sp³-hybridized carbons (Fsp3) is 0.455. The minimum atomic E-state index is -3.41. The minimum absolute atomic E-state index is 0.0615. The van der Waals surface area contributed by atoms with Crippen molar-refractivity contribution in [1.29, 1.82) is 0 Å². The van der Waals surface area contributed by atoms with E-state index in [1.54, 1.807) is 24.3 Å². The van der Waals surface area contributed by atoms with Crippen LogP contribution in [0, 0.1) is 9.49 Å². The zero-order valence-electron chi connectivity index (χ0n) is 9.27. The lowest BCUT2D eigenvalue weighted by Crippen LogP contribution is -2.38. The molecular formula is C11H15IN2O2S. The van der Waals surface area contributed by atoms with Crippen LogP contribution in [0.3, 0.4) is 0 Å². The Bertz CT molecular complexity index is 483. The summed E-state index contributed by atoms with van der Waals surface area (Å²) in [7, 11) is -3.41. The number of hydrogen-bond acceptors (Lipinski definition) is 3. The average Bonchev–Trinajstić information content (AvgIpc) is 3.10. The number of nitrogens with one attached hydrogen (secondary N) is 1. The molecule has 1 fully saturated rings. The third-order valence-electron chi connectivity index (χ3n) is 2.86. The van der Waals surface area contributed by atoms with Gasteiger partial charge in [0.2, 0.25) is 10.0 Å². The lowest BCUT2D eigenvalue weighted by Gasteiger charge is -2.12. The third-order valence-corrected chi connectivity index (χ3v) is 5.02. The molecule has 0 spiro atoms. The van der Waals surface area contributed by atoms with Gasteiger partial charge in [0.05, 0.1) is 4.90 Å². The highest BCUT2D eigenvalue weighted by molar-refractivity contribution is 14.1. The fourth-order valence-electron chi connectivity index (χ4n) is 1.59. The van der Waals surface area contributed by atoms with Crippen molar-refractivity contribution in [2.24, 2.45) is 11.7 Å². The van der Waals surface area contributed by atoms with Crippen molar-refractivity contribution >= 4 is 32.6 Å². The Labute approximate surface area is 115 Å². The first-order chi connectivity index (χ1) is 7.99. The van der Waals surface area contributed by atoms with Crippen LogP contribution in [0.15, 0.2) is 29.2 Å². The van der Waals surface area contributed by atoms with Crippen molar-refractivity contribution in [2.45, 2.75) is 23.8 Å². The molecule has 1 aliphatic rings. The van der Waals surface area contributed by atoms with Gasteiger partial charge in [0.25, 0.3) is 0 Å². The van der Waals surface area contributed by atoms with E-state index in [0.29, 0.717) is 17.4 Å². The molecule has 1 aromatic rings. The number of nitrogens with two attached hydrogens (primary N) is 1. The zero-order valence-corrected chi connectivity index (χ0v) is 12.2. The third kappa shape index (κ3) is 3.64. The first-order valence-electron chi connectivity index (χ1n) is 5.50. The predicted octanol–water partition coefficient (Wildman–Crippen LogP) is 1.31. The maximum atomic E-state index is 11.9. The van der Waals surface area contributed by atoms with Gasteiger partial charge in [-0.15, -0.1) is 0 Å². The number of rotatable bonds is 5. The first kappa shape index (κ1) is 13.3. The van der Waals surface area contributed by atoms with E-state index >= 15 is 0 Å². The van der Waals surface area contributed by atoms with Crippen LogP contribution in [0.5, 0.6) is 0 Å². The second-order valence-electron chi connectivity index (χ2n) is 4.31. The van der Waals surface area contributed by atoms with Gasteiger partial charge in [-0.3, -0.25) is 0 Å². The van der Waals surface area contributed by atoms with Crippen molar-refractivity contribution in [2.75, 3.05) is 6.54 Å². The highest BCUT2D eigenvalue weighted by Gasteiger charge is 2.29. The smallest absolute Gasteiger partial charge is 0.240 e. The number of hydrogen-bond donors (Lipinski definition) is 2. The first-order valence-corrected chi connectivity index (χ1v) is 8.06. The summed E-state index contributed by atoms with van der Waals surface area (Å²) >= 11 is 2.14. The van der Waals surface area contributed by atoms with E-state index in [2.05, 4.69) is 27.3 Å². The Morgan fingerprint density at radius 2 is 1.94 bits per heavy atom. The lowest BCUT2D eigenvalue weighted by atomic mass is 10.2. The molecule has 4 nitrogen and oxygen atoms in total. The van der Waals surface area contributed by atoms with Crippen LogP contribution in [0.4, 0.5) is 0 Å². The van der Waals surface area contributed by atoms with Gasteiger partial charge in [0, 0.05) is 16.2 Å². The summed E-state index contributed by atoms with van der Waals surface area (Å²) < 4.78 is 27.4. The molecule has 1 unspecified atom stereocenters. The molecule has 0 bridgehead atoms. The van der Waals surface area contributed by atoms with Crippen LogP contribution in [0.1, 0.15) is 12.8 Å². The minimum Gasteiger partial charge on any atom is -0.326 e. The molecule has 0 saturated heterocycles. The Balaban J connectivity index is 2.00. The number of sulfonamides is 1. The topological polar surface area (TPSA) is 72.2 Å². The molecule has 0 aliphatic heterocycles. The van der Waals surface area contributed by atoms with Gasteiger partial charge in [-0.1, -0.05) is 0 Å². The van der Waals surface area contributed by atoms with Gasteiger partial charge in [-0.25, -0.2) is 13.1 Å². The number of benzene rings is 1. The van der Waals surface area contributed by atoms with Crippen LogP contribution in [0.2, 0.25) is 0 Å². The summed E-state index contributed by atoms with van der Waals surface area (Å²) in [5.41, 5.74) is 5.86. The Morgan fingerprint density at radius 3 is 2.47 bits per heavy atom. The quantitative estimate of drug-likeness (QED) is 0.772. The maximum absolute atomic E-state index is 11.9. The highest BCUT2D eigenvalue weighted by Crippen LogP contribution is 2.31. The Morgan fingerprint density at radius 1 is 1.35 bits per heavy atom. The van der Waals surface area contributed by atoms with E-state index in [9.17, 15) is 8.42 Å². The maximum Gasteiger partial charge on any atom is 0.240 e. The lowest BCUT2D eigenvalue weighted by molar-refractivity contribution is 0.547. The zero-order chi connectivity index (χ0) is 12.5. The van der Waals surface area contributed by atoms with Crippen molar-refractivity contribution in [3.05, 3.63) is 27.8 Å². The van der Waals surface area contributed by atoms with Gasteiger partial charge in [-0.2, -0.15) is 0 Å². The van der Waals surface area contributed by atoms with Crippen molar-refractivity contribution in [3.8, 4) is 0 Å².